The van der Waals surface area contributed by atoms with Gasteiger partial charge in [0.1, 0.15) is 5.84 Å². The first-order valence-corrected chi connectivity index (χ1v) is 23.1. The lowest BCUT2D eigenvalue weighted by atomic mass is 9.78. The first kappa shape index (κ1) is 49.4. The zero-order valence-electron chi connectivity index (χ0n) is 40.5. The summed E-state index contributed by atoms with van der Waals surface area (Å²) in [5.41, 5.74) is 17.5. The molecule has 0 radical (unpaired) electrons. The van der Waals surface area contributed by atoms with Crippen molar-refractivity contribution >= 4 is 39.8 Å². The highest BCUT2D eigenvalue weighted by Gasteiger charge is 2.39. The van der Waals surface area contributed by atoms with E-state index in [9.17, 15) is 0 Å². The molecular weight excluding hydrogens is 765 g/mol. The van der Waals surface area contributed by atoms with Gasteiger partial charge in [0, 0.05) is 28.7 Å². The third-order valence-corrected chi connectivity index (χ3v) is 11.6. The van der Waals surface area contributed by atoms with Crippen molar-refractivity contribution < 1.29 is 0 Å². The second-order valence-corrected chi connectivity index (χ2v) is 15.7. The second kappa shape index (κ2) is 23.3. The molecule has 63 heavy (non-hydrogen) atoms. The predicted octanol–water partition coefficient (Wildman–Crippen LogP) is 16.6. The largest absolute Gasteiger partial charge is 0.364 e. The molecular formula is C59H72N4. The molecule has 0 saturated carbocycles. The number of rotatable bonds is 11. The lowest BCUT2D eigenvalue weighted by Gasteiger charge is -2.25. The first-order valence-electron chi connectivity index (χ1n) is 23.1. The van der Waals surface area contributed by atoms with E-state index in [0.29, 0.717) is 5.70 Å². The zero-order chi connectivity index (χ0) is 46.3. The first-order chi connectivity index (χ1) is 30.5. The number of nitrogens with one attached hydrogen (secondary N) is 1. The summed E-state index contributed by atoms with van der Waals surface area (Å²) in [4.78, 5) is 9.77. The van der Waals surface area contributed by atoms with Gasteiger partial charge in [-0.1, -0.05) is 172 Å². The van der Waals surface area contributed by atoms with Crippen LogP contribution in [0.1, 0.15) is 140 Å². The second-order valence-electron chi connectivity index (χ2n) is 15.7. The zero-order valence-corrected chi connectivity index (χ0v) is 40.5. The molecule has 0 saturated heterocycles. The van der Waals surface area contributed by atoms with Gasteiger partial charge in [-0.15, -0.1) is 0 Å². The van der Waals surface area contributed by atoms with Crippen molar-refractivity contribution in [3.63, 3.8) is 0 Å². The van der Waals surface area contributed by atoms with E-state index < -0.39 is 0 Å². The lowest BCUT2D eigenvalue weighted by Crippen LogP contribution is -2.25. The quantitative estimate of drug-likeness (QED) is 0.0804. The molecule has 0 fully saturated rings. The van der Waals surface area contributed by atoms with Crippen molar-refractivity contribution in [2.24, 2.45) is 9.98 Å². The van der Waals surface area contributed by atoms with Crippen molar-refractivity contribution in [3.8, 4) is 5.69 Å². The summed E-state index contributed by atoms with van der Waals surface area (Å²) in [5, 5.41) is 5.06. The molecule has 2 aliphatic carbocycles. The fourth-order valence-electron chi connectivity index (χ4n) is 8.61. The number of aromatic nitrogens is 1. The van der Waals surface area contributed by atoms with Gasteiger partial charge in [-0.05, 0) is 133 Å². The minimum atomic E-state index is -0.114. The number of benzene rings is 4. The Bertz CT molecular complexity index is 2580. The van der Waals surface area contributed by atoms with E-state index in [1.165, 1.54) is 44.3 Å². The topological polar surface area (TPSA) is 41.7 Å². The Kier molecular flexibility index (Phi) is 18.2. The van der Waals surface area contributed by atoms with Gasteiger partial charge < -0.3 is 9.88 Å². The van der Waals surface area contributed by atoms with Crippen LogP contribution in [0.5, 0.6) is 0 Å². The molecule has 1 heterocycles. The summed E-state index contributed by atoms with van der Waals surface area (Å²) in [6.45, 7) is 35.9. The van der Waals surface area contributed by atoms with Crippen molar-refractivity contribution in [3.05, 3.63) is 203 Å². The fraction of sp³-hybridized carbons (Fsp3) is 0.288. The fourth-order valence-corrected chi connectivity index (χ4v) is 8.61. The smallest absolute Gasteiger partial charge is 0.127 e. The summed E-state index contributed by atoms with van der Waals surface area (Å²) in [6, 6.07) is 32.1. The molecule has 2 aliphatic rings. The molecule has 0 bridgehead atoms. The van der Waals surface area contributed by atoms with Crippen LogP contribution in [0.3, 0.4) is 0 Å². The van der Waals surface area contributed by atoms with E-state index in [2.05, 4.69) is 173 Å². The normalized spacial score (nSPS) is 14.8. The van der Waals surface area contributed by atoms with Gasteiger partial charge in [-0.25, -0.2) is 4.99 Å². The minimum absolute atomic E-state index is 0.000763. The van der Waals surface area contributed by atoms with E-state index in [4.69, 9.17) is 4.99 Å². The Morgan fingerprint density at radius 3 is 2.21 bits per heavy atom. The standard InChI is InChI=1S/C53H54N4.3C2H6/c1-10-12-21-35(3)46(33-50(55-38(6)40-22-15-13-16-23-40)56-39(7)41-24-17-14-18-25-41)45-32-42(29-28-36(45)4)57-48-31-30-44-43-26-19-20-27-47(43)53(8,9)52(44)51(48)37(5)49(57)34-54-11-2;3*1-2/h10-18,20-25,27-34,39H,2,6,19,26H2,1,3-5,7-9H3,(H,55,56);3*1-2H3/b12-10-,35-21-,46-33?,54-34?;;;. The number of amidine groups is 1. The van der Waals surface area contributed by atoms with E-state index in [1.807, 2.05) is 78.9 Å². The van der Waals surface area contributed by atoms with Gasteiger partial charge >= 0.3 is 0 Å². The lowest BCUT2D eigenvalue weighted by molar-refractivity contribution is 0.657. The molecule has 0 spiro atoms. The number of fused-ring (bicyclic) bond motifs is 4. The number of aryl methyl sites for hydroxylation is 2. The maximum absolute atomic E-state index is 5.17. The van der Waals surface area contributed by atoms with E-state index >= 15 is 0 Å². The molecule has 1 atom stereocenters. The number of allylic oxidation sites excluding steroid dienone is 9. The van der Waals surface area contributed by atoms with Crippen LogP contribution in [-0.4, -0.2) is 16.6 Å². The molecule has 328 valence electrons. The molecule has 1 unspecified atom stereocenters. The van der Waals surface area contributed by atoms with Crippen LogP contribution >= 0.6 is 0 Å². The van der Waals surface area contributed by atoms with Crippen molar-refractivity contribution in [1.29, 1.82) is 0 Å². The highest BCUT2D eigenvalue weighted by atomic mass is 15.0. The number of aliphatic imine (C=N–C) groups is 2. The van der Waals surface area contributed by atoms with Gasteiger partial charge in [-0.3, -0.25) is 4.99 Å². The van der Waals surface area contributed by atoms with Crippen molar-refractivity contribution in [1.82, 2.24) is 9.88 Å². The molecule has 1 N–H and O–H groups in total. The molecule has 4 aromatic carbocycles. The minimum Gasteiger partial charge on any atom is -0.364 e. The number of hydrogen-bond donors (Lipinski definition) is 1. The van der Waals surface area contributed by atoms with E-state index in [-0.39, 0.29) is 11.5 Å². The van der Waals surface area contributed by atoms with Crippen LogP contribution in [0.25, 0.3) is 33.4 Å². The molecule has 1 aromatic heterocycles. The van der Waals surface area contributed by atoms with Crippen LogP contribution in [0.15, 0.2) is 168 Å². The van der Waals surface area contributed by atoms with Crippen LogP contribution < -0.4 is 5.32 Å². The average molecular weight is 837 g/mol. The Morgan fingerprint density at radius 2 is 1.56 bits per heavy atom. The van der Waals surface area contributed by atoms with Gasteiger partial charge in [0.15, 0.2) is 0 Å². The van der Waals surface area contributed by atoms with Crippen LogP contribution in [0.4, 0.5) is 0 Å². The summed E-state index contributed by atoms with van der Waals surface area (Å²) < 4.78 is 2.38. The van der Waals surface area contributed by atoms with Gasteiger partial charge in [-0.2, -0.15) is 0 Å². The third kappa shape index (κ3) is 10.7. The summed E-state index contributed by atoms with van der Waals surface area (Å²) >= 11 is 0. The Balaban J connectivity index is 0.00000139. The van der Waals surface area contributed by atoms with E-state index in [0.717, 1.165) is 57.9 Å². The summed E-state index contributed by atoms with van der Waals surface area (Å²) in [7, 11) is 0. The maximum atomic E-state index is 5.17. The van der Waals surface area contributed by atoms with Gasteiger partial charge in [0.25, 0.3) is 0 Å². The Morgan fingerprint density at radius 1 is 0.889 bits per heavy atom. The van der Waals surface area contributed by atoms with Crippen molar-refractivity contribution in [2.75, 3.05) is 0 Å². The highest BCUT2D eigenvalue weighted by molar-refractivity contribution is 6.06. The number of hydrogen-bond acceptors (Lipinski definition) is 2. The summed E-state index contributed by atoms with van der Waals surface area (Å²) in [5.74, 6) is 0.734. The number of nitrogens with zero attached hydrogens (tertiary/aromatic N) is 3. The summed E-state index contributed by atoms with van der Waals surface area (Å²) in [6.07, 6.45) is 19.0. The molecule has 4 heteroatoms. The molecule has 4 nitrogen and oxygen atoms in total. The van der Waals surface area contributed by atoms with Crippen LogP contribution in [-0.2, 0) is 5.41 Å². The molecule has 0 amide bonds. The van der Waals surface area contributed by atoms with Crippen molar-refractivity contribution in [2.45, 2.75) is 114 Å². The highest BCUT2D eigenvalue weighted by Crippen LogP contribution is 2.53. The van der Waals surface area contributed by atoms with Crippen LogP contribution in [0.2, 0.25) is 0 Å². The molecule has 7 rings (SSSR count). The monoisotopic (exact) mass is 837 g/mol. The Hall–Kier alpha value is -6.26. The molecule has 0 aliphatic heterocycles. The third-order valence-electron chi connectivity index (χ3n) is 11.6. The van der Waals surface area contributed by atoms with Gasteiger partial charge in [0.05, 0.1) is 23.1 Å². The SMILES string of the molecule is C=CN=Cc1c(C)c2c3c(ccc2n1-c1ccc(C)c(C(=CC(=NC(=C)c2ccccc2)NC(C)c2ccccc2)/C(C)=C\C=C/C)c1)C1=C(C=CCC1)C3(C)C.CC.CC.CC. The Labute approximate surface area is 380 Å². The predicted molar refractivity (Wildman–Crippen MR) is 280 cm³/mol. The molecule has 5 aromatic rings. The van der Waals surface area contributed by atoms with Gasteiger partial charge in [0.2, 0.25) is 0 Å². The van der Waals surface area contributed by atoms with E-state index in [1.54, 1.807) is 6.20 Å². The van der Waals surface area contributed by atoms with Crippen LogP contribution in [0, 0.1) is 13.8 Å². The maximum Gasteiger partial charge on any atom is 0.127 e. The average Bonchev–Trinajstić information content (AvgIpc) is 3.74.